The maximum atomic E-state index is 14.3. The van der Waals surface area contributed by atoms with Crippen molar-refractivity contribution in [3.8, 4) is 17.2 Å². The molecule has 0 fully saturated rings. The first-order valence-electron chi connectivity index (χ1n) is 12.6. The number of carbonyl (C=O) groups is 2. The second-order valence-electron chi connectivity index (χ2n) is 9.58. The van der Waals surface area contributed by atoms with Crippen LogP contribution in [0.2, 0.25) is 5.02 Å². The van der Waals surface area contributed by atoms with Crippen LogP contribution in [0.3, 0.4) is 0 Å². The number of carboxylic acid groups (broad SMARTS) is 1. The molecule has 2 atom stereocenters. The van der Waals surface area contributed by atoms with Gasteiger partial charge in [-0.15, -0.1) is 13.2 Å². The summed E-state index contributed by atoms with van der Waals surface area (Å²) < 4.78 is 68.0. The van der Waals surface area contributed by atoms with Gasteiger partial charge in [-0.2, -0.15) is 0 Å². The number of hydrogen-bond acceptors (Lipinski definition) is 6. The fourth-order valence-corrected chi connectivity index (χ4v) is 4.87. The molecule has 3 aromatic rings. The van der Waals surface area contributed by atoms with Crippen molar-refractivity contribution in [3.63, 3.8) is 0 Å². The molecule has 0 unspecified atom stereocenters. The smallest absolute Gasteiger partial charge is 0.497 e. The minimum atomic E-state index is -5.12. The number of anilines is 2. The van der Waals surface area contributed by atoms with Crippen molar-refractivity contribution in [1.82, 2.24) is 0 Å². The van der Waals surface area contributed by atoms with E-state index in [2.05, 4.69) is 10.1 Å². The van der Waals surface area contributed by atoms with Gasteiger partial charge in [-0.05, 0) is 41.8 Å². The summed E-state index contributed by atoms with van der Waals surface area (Å²) in [5.41, 5.74) is 1.59. The maximum Gasteiger partial charge on any atom is 0.573 e. The van der Waals surface area contributed by atoms with Gasteiger partial charge in [0, 0.05) is 53.5 Å². The number of carboxylic acids is 1. The molecule has 0 radical (unpaired) electrons. The van der Waals surface area contributed by atoms with Gasteiger partial charge in [-0.25, -0.2) is 9.18 Å². The van der Waals surface area contributed by atoms with Gasteiger partial charge in [0.15, 0.2) is 11.6 Å². The van der Waals surface area contributed by atoms with E-state index < -0.39 is 42.0 Å². The van der Waals surface area contributed by atoms with Gasteiger partial charge < -0.3 is 29.5 Å². The number of rotatable bonds is 9. The summed E-state index contributed by atoms with van der Waals surface area (Å²) in [6.45, 7) is 0.0985. The van der Waals surface area contributed by atoms with Crippen LogP contribution >= 0.6 is 11.6 Å². The molecule has 3 aromatic carbocycles. The summed E-state index contributed by atoms with van der Waals surface area (Å²) >= 11 is 6.06. The van der Waals surface area contributed by atoms with Crippen LogP contribution in [0.4, 0.5) is 28.9 Å². The van der Waals surface area contributed by atoms with Gasteiger partial charge >= 0.3 is 12.3 Å². The van der Waals surface area contributed by atoms with Crippen molar-refractivity contribution in [1.29, 1.82) is 0 Å². The monoisotopic (exact) mass is 606 g/mol. The van der Waals surface area contributed by atoms with E-state index in [0.29, 0.717) is 33.3 Å². The van der Waals surface area contributed by atoms with Crippen LogP contribution < -0.4 is 24.4 Å². The number of alkyl halides is 3. The Morgan fingerprint density at radius 2 is 1.79 bits per heavy atom. The Kier molecular flexibility index (Phi) is 7.91. The first-order valence-corrected chi connectivity index (χ1v) is 13.0. The van der Waals surface area contributed by atoms with Gasteiger partial charge in [0.2, 0.25) is 0 Å². The molecule has 0 spiro atoms. The standard InChI is InChI=1S/C29H23ClF4N2O6/c1-40-20-11-19(12-22(13-20)41-21-8-17(9-21)28(38)39)35-26(15-2-4-18(30)5-3-15)27(37)36-7-6-16-10-23(31)25(14-24(16)36)42-29(32,33)34/h2-5,8,10-14,21,26,35H,6-7,9H2,1H3,(H,38,39)/t21-,26+/m1/s1. The van der Waals surface area contributed by atoms with Crippen LogP contribution in [0.15, 0.2) is 66.2 Å². The van der Waals surface area contributed by atoms with Crippen molar-refractivity contribution in [2.75, 3.05) is 23.9 Å². The van der Waals surface area contributed by atoms with E-state index in [9.17, 15) is 27.2 Å². The Balaban J connectivity index is 1.46. The van der Waals surface area contributed by atoms with Crippen LogP contribution in [-0.4, -0.2) is 43.1 Å². The Morgan fingerprint density at radius 1 is 1.10 bits per heavy atom. The highest BCUT2D eigenvalue weighted by atomic mass is 35.5. The molecule has 2 aliphatic rings. The van der Waals surface area contributed by atoms with Gasteiger partial charge in [-0.3, -0.25) is 4.79 Å². The fraction of sp³-hybridized carbons (Fsp3) is 0.241. The highest BCUT2D eigenvalue weighted by Crippen LogP contribution is 2.39. The Bertz CT molecular complexity index is 1560. The van der Waals surface area contributed by atoms with Crippen molar-refractivity contribution < 1.29 is 46.5 Å². The number of hydrogen-bond donors (Lipinski definition) is 2. The third-order valence-corrected chi connectivity index (χ3v) is 7.02. The van der Waals surface area contributed by atoms with Crippen molar-refractivity contribution >= 4 is 34.9 Å². The average molecular weight is 607 g/mol. The summed E-state index contributed by atoms with van der Waals surface area (Å²) in [7, 11) is 1.44. The summed E-state index contributed by atoms with van der Waals surface area (Å²) in [6.07, 6.45) is -3.65. The zero-order valence-electron chi connectivity index (χ0n) is 21.9. The molecule has 0 saturated carbocycles. The molecule has 1 aliphatic heterocycles. The second-order valence-corrected chi connectivity index (χ2v) is 10.0. The lowest BCUT2D eigenvalue weighted by atomic mass is 9.96. The van der Waals surface area contributed by atoms with E-state index in [-0.39, 0.29) is 30.6 Å². The summed E-state index contributed by atoms with van der Waals surface area (Å²) in [6, 6.07) is 12.0. The minimum absolute atomic E-state index is 0.0985. The molecule has 8 nitrogen and oxygen atoms in total. The molecule has 0 aromatic heterocycles. The Labute approximate surface area is 242 Å². The van der Waals surface area contributed by atoms with Gasteiger partial charge in [0.25, 0.3) is 5.91 Å². The van der Waals surface area contributed by atoms with Crippen LogP contribution in [0.1, 0.15) is 23.6 Å². The SMILES string of the molecule is COc1cc(N[C@H](C(=O)N2CCc3cc(F)c(OC(F)(F)F)cc32)c2ccc(Cl)cc2)cc(O[C@@H]2C=C(C(=O)O)C2)c1. The van der Waals surface area contributed by atoms with Gasteiger partial charge in [0.1, 0.15) is 23.6 Å². The highest BCUT2D eigenvalue weighted by molar-refractivity contribution is 6.30. The van der Waals surface area contributed by atoms with E-state index >= 15 is 0 Å². The average Bonchev–Trinajstić information content (AvgIpc) is 3.30. The van der Waals surface area contributed by atoms with Crippen LogP contribution in [0, 0.1) is 5.82 Å². The van der Waals surface area contributed by atoms with Crippen molar-refractivity contribution in [3.05, 3.63) is 88.2 Å². The number of methoxy groups -OCH3 is 1. The minimum Gasteiger partial charge on any atom is -0.497 e. The number of halogens is 5. The first kappa shape index (κ1) is 29.1. The maximum absolute atomic E-state index is 14.3. The van der Waals surface area contributed by atoms with E-state index in [0.717, 1.165) is 12.1 Å². The van der Waals surface area contributed by atoms with Crippen LogP contribution in [0.5, 0.6) is 17.2 Å². The Hall–Kier alpha value is -4.45. The zero-order chi connectivity index (χ0) is 30.2. The first-order chi connectivity index (χ1) is 19.9. The number of aliphatic carboxylic acids is 1. The summed E-state index contributed by atoms with van der Waals surface area (Å²) in [5, 5.41) is 12.6. The second kappa shape index (κ2) is 11.4. The van der Waals surface area contributed by atoms with Gasteiger partial charge in [0.05, 0.1) is 12.8 Å². The van der Waals surface area contributed by atoms with Crippen molar-refractivity contribution in [2.45, 2.75) is 31.3 Å². The normalized spacial score (nSPS) is 16.6. The number of nitrogens with one attached hydrogen (secondary N) is 1. The number of fused-ring (bicyclic) bond motifs is 1. The van der Waals surface area contributed by atoms with Crippen LogP contribution in [-0.2, 0) is 16.0 Å². The van der Waals surface area contributed by atoms with Crippen molar-refractivity contribution in [2.24, 2.45) is 0 Å². The summed E-state index contributed by atoms with van der Waals surface area (Å²) in [5.74, 6) is -3.04. The lowest BCUT2D eigenvalue weighted by Crippen LogP contribution is -2.37. The third-order valence-electron chi connectivity index (χ3n) is 6.77. The molecular formula is C29H23ClF4N2O6. The topological polar surface area (TPSA) is 97.3 Å². The number of amides is 1. The molecule has 42 heavy (non-hydrogen) atoms. The molecular weight excluding hydrogens is 584 g/mol. The molecule has 0 saturated heterocycles. The van der Waals surface area contributed by atoms with E-state index in [1.165, 1.54) is 18.1 Å². The molecule has 13 heteroatoms. The molecule has 1 aliphatic carbocycles. The lowest BCUT2D eigenvalue weighted by molar-refractivity contribution is -0.275. The number of nitrogens with zero attached hydrogens (tertiary/aromatic N) is 1. The molecule has 5 rings (SSSR count). The van der Waals surface area contributed by atoms with Crippen LogP contribution in [0.25, 0.3) is 0 Å². The fourth-order valence-electron chi connectivity index (χ4n) is 4.74. The van der Waals surface area contributed by atoms with Gasteiger partial charge in [-0.1, -0.05) is 23.7 Å². The van der Waals surface area contributed by atoms with E-state index in [1.807, 2.05) is 0 Å². The number of carbonyl (C=O) groups excluding carboxylic acids is 1. The number of ether oxygens (including phenoxy) is 3. The predicted molar refractivity (Wildman–Crippen MR) is 145 cm³/mol. The molecule has 0 bridgehead atoms. The molecule has 220 valence electrons. The lowest BCUT2D eigenvalue weighted by Gasteiger charge is -2.27. The molecule has 2 N–H and O–H groups in total. The predicted octanol–water partition coefficient (Wildman–Crippen LogP) is 6.29. The number of benzene rings is 3. The Morgan fingerprint density at radius 3 is 2.43 bits per heavy atom. The largest absolute Gasteiger partial charge is 0.573 e. The van der Waals surface area contributed by atoms with E-state index in [1.54, 1.807) is 42.5 Å². The molecule has 1 amide bonds. The zero-order valence-corrected chi connectivity index (χ0v) is 22.6. The van der Waals surface area contributed by atoms with E-state index in [4.69, 9.17) is 26.2 Å². The summed E-state index contributed by atoms with van der Waals surface area (Å²) in [4.78, 5) is 26.4. The quantitative estimate of drug-likeness (QED) is 0.276. The highest BCUT2D eigenvalue weighted by Gasteiger charge is 2.36. The third kappa shape index (κ3) is 6.38. The molecule has 1 heterocycles.